The van der Waals surface area contributed by atoms with Gasteiger partial charge in [-0.05, 0) is 31.7 Å². The van der Waals surface area contributed by atoms with E-state index >= 15 is 0 Å². The summed E-state index contributed by atoms with van der Waals surface area (Å²) in [6.07, 6.45) is 1.90. The largest absolute Gasteiger partial charge is 0.347 e. The van der Waals surface area contributed by atoms with Crippen molar-refractivity contribution in [2.24, 2.45) is 0 Å². The molecule has 4 atom stereocenters. The lowest BCUT2D eigenvalue weighted by Crippen LogP contribution is -2.49. The van der Waals surface area contributed by atoms with E-state index < -0.39 is 40.1 Å². The number of hydrogen-bond donors (Lipinski definition) is 1. The standard InChI is InChI=1S/C17H22F3N5O2S/c1-28(26,27)24-6-5-14(13(20)9-24)22-17-21-8-16-12(19)7-15(25(16)23-17)10-3-2-4-11(10)18/h7-8,10-11,13-14H,2-6,9H2,1H3,(H,22,23)/t10?,11?,13-,14-/m1/s1. The van der Waals surface area contributed by atoms with Crippen LogP contribution in [0.25, 0.3) is 5.52 Å². The van der Waals surface area contributed by atoms with Gasteiger partial charge in [-0.25, -0.2) is 31.1 Å². The number of nitrogens with zero attached hydrogens (tertiary/aromatic N) is 4. The molecule has 1 aliphatic carbocycles. The lowest BCUT2D eigenvalue weighted by atomic mass is 10.0. The van der Waals surface area contributed by atoms with Gasteiger partial charge in [0, 0.05) is 19.0 Å². The lowest BCUT2D eigenvalue weighted by molar-refractivity contribution is 0.186. The van der Waals surface area contributed by atoms with Crippen LogP contribution in [-0.4, -0.2) is 65.1 Å². The molecule has 2 unspecified atom stereocenters. The second-order valence-corrected chi connectivity index (χ2v) is 9.51. The Bertz CT molecular complexity index is 983. The van der Waals surface area contributed by atoms with Crippen molar-refractivity contribution in [1.82, 2.24) is 18.9 Å². The topological polar surface area (TPSA) is 79.6 Å². The van der Waals surface area contributed by atoms with Gasteiger partial charge >= 0.3 is 0 Å². The maximum absolute atomic E-state index is 14.5. The third-order valence-electron chi connectivity index (χ3n) is 5.60. The van der Waals surface area contributed by atoms with Gasteiger partial charge in [0.15, 0.2) is 5.82 Å². The van der Waals surface area contributed by atoms with E-state index in [1.807, 2.05) is 0 Å². The Hall–Kier alpha value is -1.88. The Morgan fingerprint density at radius 2 is 2.00 bits per heavy atom. The van der Waals surface area contributed by atoms with Crippen LogP contribution in [0.5, 0.6) is 0 Å². The van der Waals surface area contributed by atoms with Crippen LogP contribution in [0, 0.1) is 5.82 Å². The van der Waals surface area contributed by atoms with Crippen molar-refractivity contribution in [1.29, 1.82) is 0 Å². The third-order valence-corrected chi connectivity index (χ3v) is 6.86. The van der Waals surface area contributed by atoms with E-state index in [4.69, 9.17) is 0 Å². The minimum absolute atomic E-state index is 0.0956. The maximum Gasteiger partial charge on any atom is 0.241 e. The molecule has 11 heteroatoms. The van der Waals surface area contributed by atoms with Gasteiger partial charge in [0.1, 0.15) is 17.9 Å². The fourth-order valence-electron chi connectivity index (χ4n) is 4.06. The van der Waals surface area contributed by atoms with Crippen LogP contribution in [-0.2, 0) is 10.0 Å². The molecule has 4 rings (SSSR count). The number of piperidine rings is 1. The van der Waals surface area contributed by atoms with E-state index in [0.717, 1.165) is 17.0 Å². The Kier molecular flexibility index (Phi) is 4.98. The summed E-state index contributed by atoms with van der Waals surface area (Å²) < 4.78 is 68.5. The van der Waals surface area contributed by atoms with Crippen molar-refractivity contribution in [3.05, 3.63) is 23.8 Å². The predicted molar refractivity (Wildman–Crippen MR) is 97.8 cm³/mol. The van der Waals surface area contributed by atoms with Gasteiger partial charge in [-0.1, -0.05) is 0 Å². The molecular weight excluding hydrogens is 395 g/mol. The molecule has 1 saturated carbocycles. The third kappa shape index (κ3) is 3.57. The summed E-state index contributed by atoms with van der Waals surface area (Å²) >= 11 is 0. The predicted octanol–water partition coefficient (Wildman–Crippen LogP) is 2.26. The highest BCUT2D eigenvalue weighted by molar-refractivity contribution is 7.88. The lowest BCUT2D eigenvalue weighted by Gasteiger charge is -2.33. The molecule has 0 aromatic carbocycles. The van der Waals surface area contributed by atoms with E-state index in [9.17, 15) is 21.6 Å². The molecule has 0 radical (unpaired) electrons. The normalized spacial score (nSPS) is 29.4. The number of halogens is 3. The Morgan fingerprint density at radius 1 is 1.21 bits per heavy atom. The zero-order chi connectivity index (χ0) is 20.1. The number of fused-ring (bicyclic) bond motifs is 1. The zero-order valence-corrected chi connectivity index (χ0v) is 16.2. The summed E-state index contributed by atoms with van der Waals surface area (Å²) in [5.74, 6) is -0.852. The number of anilines is 1. The summed E-state index contributed by atoms with van der Waals surface area (Å²) in [6, 6.07) is 0.624. The van der Waals surface area contributed by atoms with Crippen LogP contribution >= 0.6 is 0 Å². The molecule has 1 saturated heterocycles. The maximum atomic E-state index is 14.5. The number of sulfonamides is 1. The molecule has 154 valence electrons. The molecule has 2 aromatic heterocycles. The zero-order valence-electron chi connectivity index (χ0n) is 15.4. The van der Waals surface area contributed by atoms with Crippen molar-refractivity contribution in [2.75, 3.05) is 24.7 Å². The Morgan fingerprint density at radius 3 is 2.64 bits per heavy atom. The second-order valence-electron chi connectivity index (χ2n) is 7.53. The molecule has 7 nitrogen and oxygen atoms in total. The fraction of sp³-hybridized carbons (Fsp3) is 0.647. The molecule has 0 spiro atoms. The number of alkyl halides is 2. The van der Waals surface area contributed by atoms with Crippen LogP contribution in [0.15, 0.2) is 12.3 Å². The highest BCUT2D eigenvalue weighted by Crippen LogP contribution is 2.37. The summed E-state index contributed by atoms with van der Waals surface area (Å²) in [6.45, 7) is -0.0537. The van der Waals surface area contributed by atoms with Crippen LogP contribution in [0.4, 0.5) is 19.1 Å². The van der Waals surface area contributed by atoms with E-state index in [0.29, 0.717) is 18.5 Å². The molecule has 1 aliphatic heterocycles. The Labute approximate surface area is 161 Å². The van der Waals surface area contributed by atoms with E-state index in [1.54, 1.807) is 0 Å². The first-order chi connectivity index (χ1) is 13.2. The van der Waals surface area contributed by atoms with Crippen molar-refractivity contribution in [3.63, 3.8) is 0 Å². The van der Waals surface area contributed by atoms with Crippen molar-refractivity contribution >= 4 is 21.5 Å². The van der Waals surface area contributed by atoms with Crippen LogP contribution in [0.1, 0.15) is 37.3 Å². The number of rotatable bonds is 4. The van der Waals surface area contributed by atoms with Gasteiger partial charge in [0.2, 0.25) is 16.0 Å². The summed E-state index contributed by atoms with van der Waals surface area (Å²) in [5, 5.41) is 7.14. The monoisotopic (exact) mass is 417 g/mol. The first kappa shape index (κ1) is 19.4. The highest BCUT2D eigenvalue weighted by atomic mass is 32.2. The van der Waals surface area contributed by atoms with Gasteiger partial charge in [0.25, 0.3) is 0 Å². The summed E-state index contributed by atoms with van der Waals surface area (Å²) in [7, 11) is -3.45. The molecule has 3 heterocycles. The minimum atomic E-state index is -3.45. The molecule has 2 fully saturated rings. The van der Waals surface area contributed by atoms with E-state index in [-0.39, 0.29) is 31.0 Å². The van der Waals surface area contributed by atoms with Crippen LogP contribution in [0.3, 0.4) is 0 Å². The average molecular weight is 417 g/mol. The molecule has 28 heavy (non-hydrogen) atoms. The number of nitrogens with one attached hydrogen (secondary N) is 1. The van der Waals surface area contributed by atoms with Crippen LogP contribution in [0.2, 0.25) is 0 Å². The molecule has 1 N–H and O–H groups in total. The van der Waals surface area contributed by atoms with Crippen molar-refractivity contribution in [2.45, 2.75) is 50.0 Å². The fourth-order valence-corrected chi connectivity index (χ4v) is 4.91. The van der Waals surface area contributed by atoms with Gasteiger partial charge in [-0.15, -0.1) is 5.10 Å². The molecule has 0 bridgehead atoms. The molecular formula is C17H22F3N5O2S. The van der Waals surface area contributed by atoms with Crippen molar-refractivity contribution < 1.29 is 21.6 Å². The SMILES string of the molecule is CS(=O)(=O)N1CC[C@@H](Nc2ncc3c(F)cc(C4CCCC4F)n3n2)[C@H](F)C1. The minimum Gasteiger partial charge on any atom is -0.347 e. The second kappa shape index (κ2) is 7.18. The van der Waals surface area contributed by atoms with Gasteiger partial charge in [-0.3, -0.25) is 0 Å². The first-order valence-corrected chi connectivity index (χ1v) is 11.1. The highest BCUT2D eigenvalue weighted by Gasteiger charge is 2.34. The molecule has 2 aromatic rings. The quantitative estimate of drug-likeness (QED) is 0.826. The number of hydrogen-bond acceptors (Lipinski definition) is 5. The number of aromatic nitrogens is 3. The Balaban J connectivity index is 1.57. The van der Waals surface area contributed by atoms with E-state index in [2.05, 4.69) is 15.4 Å². The molecule has 2 aliphatic rings. The average Bonchev–Trinajstić information content (AvgIpc) is 3.19. The summed E-state index contributed by atoms with van der Waals surface area (Å²) in [4.78, 5) is 4.05. The summed E-state index contributed by atoms with van der Waals surface area (Å²) in [5.41, 5.74) is 0.593. The van der Waals surface area contributed by atoms with E-state index in [1.165, 1.54) is 16.8 Å². The van der Waals surface area contributed by atoms with Crippen molar-refractivity contribution in [3.8, 4) is 0 Å². The van der Waals surface area contributed by atoms with Crippen LogP contribution < -0.4 is 5.32 Å². The van der Waals surface area contributed by atoms with Gasteiger partial charge < -0.3 is 5.32 Å². The smallest absolute Gasteiger partial charge is 0.241 e. The van der Waals surface area contributed by atoms with Gasteiger partial charge in [0.05, 0.1) is 24.2 Å². The molecule has 0 amide bonds. The first-order valence-electron chi connectivity index (χ1n) is 9.28. The van der Waals surface area contributed by atoms with Gasteiger partial charge in [-0.2, -0.15) is 4.31 Å².